The van der Waals surface area contributed by atoms with Gasteiger partial charge in [-0.3, -0.25) is 4.79 Å². The number of carbonyl (C=O) groups is 1. The molecule has 0 spiro atoms. The molecule has 0 saturated carbocycles. The number of carbonyl (C=O) groups excluding carboxylic acids is 1. The number of rotatable bonds is 7. The largest absolute Gasteiger partial charge is 0.491 e. The minimum Gasteiger partial charge on any atom is -0.491 e. The number of nitrogens with one attached hydrogen (secondary N) is 1. The summed E-state index contributed by atoms with van der Waals surface area (Å²) in [4.78, 5) is 12.0. The van der Waals surface area contributed by atoms with Crippen molar-refractivity contribution in [1.29, 1.82) is 0 Å². The smallest absolute Gasteiger partial charge is 0.221 e. The van der Waals surface area contributed by atoms with Gasteiger partial charge < -0.3 is 15.2 Å². The topological polar surface area (TPSA) is 58.6 Å². The number of benzene rings is 2. The minimum absolute atomic E-state index is 0.0893. The van der Waals surface area contributed by atoms with Crippen LogP contribution >= 0.6 is 11.8 Å². The molecule has 2 aromatic carbocycles. The molecule has 0 aliphatic heterocycles. The van der Waals surface area contributed by atoms with E-state index in [1.807, 2.05) is 36.4 Å². The fourth-order valence-corrected chi connectivity index (χ4v) is 3.13. The van der Waals surface area contributed by atoms with Crippen LogP contribution in [-0.4, -0.2) is 29.5 Å². The number of anilines is 1. The van der Waals surface area contributed by atoms with Crippen LogP contribution in [0.3, 0.4) is 0 Å². The van der Waals surface area contributed by atoms with Gasteiger partial charge in [-0.1, -0.05) is 32.9 Å². The third-order valence-electron chi connectivity index (χ3n) is 3.78. The lowest BCUT2D eigenvalue weighted by Crippen LogP contribution is -2.20. The molecule has 0 saturated heterocycles. The molecule has 0 aliphatic carbocycles. The van der Waals surface area contributed by atoms with Crippen molar-refractivity contribution in [3.63, 3.8) is 0 Å². The van der Waals surface area contributed by atoms with Gasteiger partial charge >= 0.3 is 0 Å². The maximum absolute atomic E-state index is 11.0. The van der Waals surface area contributed by atoms with E-state index in [2.05, 4.69) is 38.2 Å². The fourth-order valence-electron chi connectivity index (χ4n) is 2.32. The van der Waals surface area contributed by atoms with Gasteiger partial charge in [-0.2, -0.15) is 0 Å². The lowest BCUT2D eigenvalue weighted by Gasteiger charge is -2.19. The van der Waals surface area contributed by atoms with E-state index in [9.17, 15) is 9.90 Å². The Morgan fingerprint density at radius 3 is 2.27 bits per heavy atom. The Labute approximate surface area is 160 Å². The molecule has 2 rings (SSSR count). The van der Waals surface area contributed by atoms with E-state index in [-0.39, 0.29) is 17.9 Å². The van der Waals surface area contributed by atoms with E-state index in [4.69, 9.17) is 4.74 Å². The second-order valence-corrected chi connectivity index (χ2v) is 8.35. The molecule has 1 amide bonds. The molecule has 0 radical (unpaired) electrons. The molecule has 0 unspecified atom stereocenters. The highest BCUT2D eigenvalue weighted by atomic mass is 32.2. The van der Waals surface area contributed by atoms with Crippen LogP contribution in [0.4, 0.5) is 5.69 Å². The van der Waals surface area contributed by atoms with Crippen molar-refractivity contribution in [2.75, 3.05) is 17.7 Å². The number of thioether (sulfide) groups is 1. The SMILES string of the molecule is CC(=O)Nc1ccc(SC[C@@H](O)COc2ccc(C(C)(C)C)cc2)cc1. The van der Waals surface area contributed by atoms with Crippen molar-refractivity contribution in [1.82, 2.24) is 0 Å². The third kappa shape index (κ3) is 6.73. The van der Waals surface area contributed by atoms with Crippen LogP contribution in [0.1, 0.15) is 33.3 Å². The molecule has 0 aliphatic rings. The van der Waals surface area contributed by atoms with Gasteiger partial charge in [0.15, 0.2) is 0 Å². The molecule has 0 aromatic heterocycles. The summed E-state index contributed by atoms with van der Waals surface area (Å²) in [7, 11) is 0. The van der Waals surface area contributed by atoms with Crippen LogP contribution in [-0.2, 0) is 10.2 Å². The molecular formula is C21H27NO3S. The van der Waals surface area contributed by atoms with Gasteiger partial charge in [0.2, 0.25) is 5.91 Å². The maximum atomic E-state index is 11.0. The number of amides is 1. The van der Waals surface area contributed by atoms with Crippen LogP contribution in [0, 0.1) is 0 Å². The van der Waals surface area contributed by atoms with E-state index in [0.29, 0.717) is 5.75 Å². The van der Waals surface area contributed by atoms with Gasteiger partial charge in [0.25, 0.3) is 0 Å². The molecule has 2 N–H and O–H groups in total. The zero-order valence-corrected chi connectivity index (χ0v) is 16.6. The Bertz CT molecular complexity index is 706. The molecule has 5 heteroatoms. The maximum Gasteiger partial charge on any atom is 0.221 e. The van der Waals surface area contributed by atoms with Crippen molar-refractivity contribution in [3.8, 4) is 5.75 Å². The summed E-state index contributed by atoms with van der Waals surface area (Å²) in [5, 5.41) is 12.9. The highest BCUT2D eigenvalue weighted by Crippen LogP contribution is 2.25. The second kappa shape index (κ2) is 9.10. The Kier molecular flexibility index (Phi) is 7.12. The number of ether oxygens (including phenoxy) is 1. The summed E-state index contributed by atoms with van der Waals surface area (Å²) in [5.41, 5.74) is 2.14. The van der Waals surface area contributed by atoms with Gasteiger partial charge in [0.1, 0.15) is 12.4 Å². The first kappa shape index (κ1) is 20.3. The summed E-state index contributed by atoms with van der Waals surface area (Å²) in [6.07, 6.45) is -0.558. The summed E-state index contributed by atoms with van der Waals surface area (Å²) in [6.45, 7) is 8.26. The Hall–Kier alpha value is -1.98. The van der Waals surface area contributed by atoms with Gasteiger partial charge in [0.05, 0.1) is 6.10 Å². The van der Waals surface area contributed by atoms with Gasteiger partial charge in [-0.25, -0.2) is 0 Å². The number of aliphatic hydroxyl groups is 1. The summed E-state index contributed by atoms with van der Waals surface area (Å²) < 4.78 is 5.68. The normalized spacial score (nSPS) is 12.5. The van der Waals surface area contributed by atoms with Gasteiger partial charge in [-0.15, -0.1) is 11.8 Å². The average molecular weight is 374 g/mol. The third-order valence-corrected chi connectivity index (χ3v) is 4.94. The zero-order valence-electron chi connectivity index (χ0n) is 15.8. The average Bonchev–Trinajstić information content (AvgIpc) is 2.58. The van der Waals surface area contributed by atoms with Crippen molar-refractivity contribution in [3.05, 3.63) is 54.1 Å². The van der Waals surface area contributed by atoms with E-state index < -0.39 is 6.10 Å². The molecule has 140 valence electrons. The highest BCUT2D eigenvalue weighted by molar-refractivity contribution is 7.99. The summed E-state index contributed by atoms with van der Waals surface area (Å²) in [5.74, 6) is 1.22. The molecule has 0 bridgehead atoms. The van der Waals surface area contributed by atoms with Crippen LogP contribution in [0.25, 0.3) is 0 Å². The standard InChI is InChI=1S/C21H27NO3S/c1-15(23)22-17-7-11-20(12-8-17)26-14-18(24)13-25-19-9-5-16(6-10-19)21(2,3)4/h5-12,18,24H,13-14H2,1-4H3,(H,22,23)/t18-/m0/s1. The van der Waals surface area contributed by atoms with Crippen LogP contribution in [0.15, 0.2) is 53.4 Å². The fraction of sp³-hybridized carbons (Fsp3) is 0.381. The van der Waals surface area contributed by atoms with Gasteiger partial charge in [0, 0.05) is 23.3 Å². The van der Waals surface area contributed by atoms with Crippen molar-refractivity contribution in [2.24, 2.45) is 0 Å². The van der Waals surface area contributed by atoms with Crippen molar-refractivity contribution >= 4 is 23.4 Å². The van der Waals surface area contributed by atoms with Crippen LogP contribution in [0.2, 0.25) is 0 Å². The number of hydrogen-bond donors (Lipinski definition) is 2. The molecule has 0 fully saturated rings. The minimum atomic E-state index is -0.558. The molecule has 2 aromatic rings. The first-order chi connectivity index (χ1) is 12.2. The quantitative estimate of drug-likeness (QED) is 0.703. The predicted molar refractivity (Wildman–Crippen MR) is 108 cm³/mol. The van der Waals surface area contributed by atoms with Crippen molar-refractivity contribution < 1.29 is 14.6 Å². The van der Waals surface area contributed by atoms with Crippen molar-refractivity contribution in [2.45, 2.75) is 44.1 Å². The molecule has 0 heterocycles. The Balaban J connectivity index is 1.76. The highest BCUT2D eigenvalue weighted by Gasteiger charge is 2.13. The first-order valence-corrected chi connectivity index (χ1v) is 9.64. The lowest BCUT2D eigenvalue weighted by molar-refractivity contribution is -0.114. The first-order valence-electron chi connectivity index (χ1n) is 8.66. The number of hydrogen-bond acceptors (Lipinski definition) is 4. The molecule has 4 nitrogen and oxygen atoms in total. The van der Waals surface area contributed by atoms with Crippen LogP contribution in [0.5, 0.6) is 5.75 Å². The second-order valence-electron chi connectivity index (χ2n) is 7.26. The van der Waals surface area contributed by atoms with E-state index >= 15 is 0 Å². The Morgan fingerprint density at radius 1 is 1.12 bits per heavy atom. The molecule has 26 heavy (non-hydrogen) atoms. The van der Waals surface area contributed by atoms with Crippen LogP contribution < -0.4 is 10.1 Å². The predicted octanol–water partition coefficient (Wildman–Crippen LogP) is 4.47. The summed E-state index contributed by atoms with van der Waals surface area (Å²) >= 11 is 1.55. The van der Waals surface area contributed by atoms with E-state index in [1.54, 1.807) is 11.8 Å². The van der Waals surface area contributed by atoms with E-state index in [1.165, 1.54) is 12.5 Å². The monoisotopic (exact) mass is 373 g/mol. The zero-order chi connectivity index (χ0) is 19.2. The van der Waals surface area contributed by atoms with E-state index in [0.717, 1.165) is 16.3 Å². The Morgan fingerprint density at radius 2 is 1.73 bits per heavy atom. The number of aliphatic hydroxyl groups excluding tert-OH is 1. The lowest BCUT2D eigenvalue weighted by atomic mass is 9.87. The molecular weight excluding hydrogens is 346 g/mol. The summed E-state index contributed by atoms with van der Waals surface area (Å²) in [6, 6.07) is 15.6. The molecule has 1 atom stereocenters. The van der Waals surface area contributed by atoms with Gasteiger partial charge in [-0.05, 0) is 47.4 Å².